The van der Waals surface area contributed by atoms with Crippen molar-refractivity contribution in [3.05, 3.63) is 106 Å². The number of aromatic nitrogens is 2. The number of H-pyrrole nitrogens is 1. The fourth-order valence-electron chi connectivity index (χ4n) is 5.63. The summed E-state index contributed by atoms with van der Waals surface area (Å²) in [6.45, 7) is 0.935. The number of primary amides is 1. The largest absolute Gasteiger partial charge is 0.497 e. The molecular formula is C34H29ClF2N4O6. The van der Waals surface area contributed by atoms with E-state index in [4.69, 9.17) is 31.5 Å². The first-order valence-corrected chi connectivity index (χ1v) is 14.7. The van der Waals surface area contributed by atoms with Gasteiger partial charge in [-0.15, -0.1) is 0 Å². The minimum Gasteiger partial charge on any atom is -0.497 e. The highest BCUT2D eigenvalue weighted by atomic mass is 35.5. The van der Waals surface area contributed by atoms with Gasteiger partial charge in [-0.1, -0.05) is 41.9 Å². The molecule has 0 bridgehead atoms. The molecule has 242 valence electrons. The number of amides is 2. The minimum atomic E-state index is -2.05. The average molecular weight is 663 g/mol. The molecule has 0 aliphatic carbocycles. The first-order valence-electron chi connectivity index (χ1n) is 14.3. The lowest BCUT2D eigenvalue weighted by Crippen LogP contribution is -2.43. The first-order chi connectivity index (χ1) is 22.4. The van der Waals surface area contributed by atoms with Crippen LogP contribution in [0.15, 0.2) is 66.7 Å². The second-order valence-electron chi connectivity index (χ2n) is 11.3. The summed E-state index contributed by atoms with van der Waals surface area (Å²) in [5.41, 5.74) is 3.20. The monoisotopic (exact) mass is 662 g/mol. The van der Waals surface area contributed by atoms with Crippen LogP contribution in [0.5, 0.6) is 17.2 Å². The molecule has 0 radical (unpaired) electrons. The van der Waals surface area contributed by atoms with E-state index >= 15 is 4.39 Å². The Labute approximate surface area is 272 Å². The number of pyridine rings is 1. The minimum absolute atomic E-state index is 0.0264. The molecule has 0 saturated carbocycles. The van der Waals surface area contributed by atoms with E-state index in [0.717, 1.165) is 6.07 Å². The highest BCUT2D eigenvalue weighted by molar-refractivity contribution is 6.31. The Bertz CT molecular complexity index is 2060. The highest BCUT2D eigenvalue weighted by Gasteiger charge is 2.46. The maximum Gasteiger partial charge on any atom is 0.267 e. The van der Waals surface area contributed by atoms with Crippen molar-refractivity contribution in [2.24, 2.45) is 5.73 Å². The molecule has 47 heavy (non-hydrogen) atoms. The van der Waals surface area contributed by atoms with E-state index in [-0.39, 0.29) is 45.6 Å². The van der Waals surface area contributed by atoms with E-state index in [1.54, 1.807) is 55.5 Å². The van der Waals surface area contributed by atoms with E-state index in [2.05, 4.69) is 15.3 Å². The lowest BCUT2D eigenvalue weighted by Gasteiger charge is -2.30. The summed E-state index contributed by atoms with van der Waals surface area (Å²) in [6.07, 6.45) is 0. The van der Waals surface area contributed by atoms with Crippen LogP contribution in [-0.4, -0.2) is 54.3 Å². The summed E-state index contributed by atoms with van der Waals surface area (Å²) in [6, 6.07) is 16.5. The van der Waals surface area contributed by atoms with E-state index in [1.807, 2.05) is 0 Å². The van der Waals surface area contributed by atoms with Crippen LogP contribution in [0.25, 0.3) is 22.2 Å². The number of hydrogen-bond donors (Lipinski definition) is 4. The Kier molecular flexibility index (Phi) is 8.02. The average Bonchev–Trinajstić information content (AvgIpc) is 3.67. The number of ether oxygens (including phenoxy) is 3. The number of nitrogens with two attached hydrogens (primary N) is 1. The Morgan fingerprint density at radius 3 is 2.53 bits per heavy atom. The number of hydrogen-bond acceptors (Lipinski definition) is 7. The number of halogens is 3. The maximum atomic E-state index is 15.3. The second-order valence-corrected chi connectivity index (χ2v) is 11.8. The Hall–Kier alpha value is -5.20. The number of aromatic amines is 1. The molecule has 1 aliphatic rings. The van der Waals surface area contributed by atoms with Gasteiger partial charge in [-0.05, 0) is 30.7 Å². The number of benzene rings is 3. The number of nitrogens with zero attached hydrogens (tertiary/aromatic N) is 1. The molecule has 2 amide bonds. The summed E-state index contributed by atoms with van der Waals surface area (Å²) >= 11 is 6.03. The lowest BCUT2D eigenvalue weighted by molar-refractivity contribution is -0.123. The van der Waals surface area contributed by atoms with Gasteiger partial charge in [0.25, 0.3) is 5.91 Å². The van der Waals surface area contributed by atoms with Gasteiger partial charge in [0.05, 0.1) is 37.0 Å². The first kappa shape index (κ1) is 31.8. The van der Waals surface area contributed by atoms with Gasteiger partial charge in [-0.2, -0.15) is 0 Å². The van der Waals surface area contributed by atoms with E-state index < -0.39 is 41.0 Å². The van der Waals surface area contributed by atoms with Crippen molar-refractivity contribution in [3.8, 4) is 28.5 Å². The molecule has 5 N–H and O–H groups in total. The molecule has 0 saturated heterocycles. The Morgan fingerprint density at radius 2 is 1.85 bits per heavy atom. The SMILES string of the molecule is COc1cc(OC)c2cc(C(=O)NC[C@@](O)(c3ccccc3)c3cc4c(c(-c5cc(Cl)c(F)cc5F)n3)OC[C@]4(C)C(N)=O)[nH]c2c1. The predicted molar refractivity (Wildman–Crippen MR) is 170 cm³/mol. The number of rotatable bonds is 9. The molecule has 13 heteroatoms. The third-order valence-corrected chi connectivity index (χ3v) is 8.72. The third kappa shape index (κ3) is 5.38. The normalized spacial score (nSPS) is 16.7. The molecule has 3 aromatic carbocycles. The van der Waals surface area contributed by atoms with Crippen LogP contribution in [0.2, 0.25) is 5.02 Å². The standard InChI is InChI=1S/C34H29ClF2N4O6/c1-33(32(38)43)16-47-30-21(33)13-28(41-29(30)19-11-22(35)24(37)14-23(19)36)34(44,17-7-5-4-6-8-17)15-39-31(42)26-12-20-25(40-26)9-18(45-2)10-27(20)46-3/h4-14,40,44H,15-16H2,1-3H3,(H2,38,43)(H,39,42)/t33-,34+/m0/s1. The Morgan fingerprint density at radius 1 is 1.11 bits per heavy atom. The molecule has 2 aromatic heterocycles. The van der Waals surface area contributed by atoms with Gasteiger partial charge in [0.1, 0.15) is 57.9 Å². The van der Waals surface area contributed by atoms with Crippen molar-refractivity contribution in [1.29, 1.82) is 0 Å². The molecule has 10 nitrogen and oxygen atoms in total. The Balaban J connectivity index is 1.48. The number of fused-ring (bicyclic) bond motifs is 2. The van der Waals surface area contributed by atoms with Crippen LogP contribution in [0, 0.1) is 11.6 Å². The molecule has 1 aliphatic heterocycles. The van der Waals surface area contributed by atoms with Gasteiger partial charge < -0.3 is 35.4 Å². The van der Waals surface area contributed by atoms with Crippen LogP contribution in [0.4, 0.5) is 8.78 Å². The molecule has 5 aromatic rings. The predicted octanol–water partition coefficient (Wildman–Crippen LogP) is 4.98. The zero-order valence-corrected chi connectivity index (χ0v) is 26.2. The fourth-order valence-corrected chi connectivity index (χ4v) is 5.80. The summed E-state index contributed by atoms with van der Waals surface area (Å²) < 4.78 is 46.1. The molecule has 3 heterocycles. The third-order valence-electron chi connectivity index (χ3n) is 8.44. The van der Waals surface area contributed by atoms with Crippen LogP contribution in [0.3, 0.4) is 0 Å². The van der Waals surface area contributed by atoms with E-state index in [9.17, 15) is 19.1 Å². The van der Waals surface area contributed by atoms with Crippen LogP contribution in [0.1, 0.15) is 34.2 Å². The van der Waals surface area contributed by atoms with Gasteiger partial charge in [-0.25, -0.2) is 13.8 Å². The van der Waals surface area contributed by atoms with Gasteiger partial charge in [0.15, 0.2) is 0 Å². The maximum absolute atomic E-state index is 15.3. The van der Waals surface area contributed by atoms with Gasteiger partial charge >= 0.3 is 0 Å². The van der Waals surface area contributed by atoms with E-state index in [1.165, 1.54) is 20.3 Å². The molecule has 6 rings (SSSR count). The highest BCUT2D eigenvalue weighted by Crippen LogP contribution is 2.47. The van der Waals surface area contributed by atoms with Gasteiger partial charge in [-0.3, -0.25) is 9.59 Å². The van der Waals surface area contributed by atoms with Crippen molar-refractivity contribution in [2.75, 3.05) is 27.4 Å². The zero-order valence-electron chi connectivity index (χ0n) is 25.4. The quantitative estimate of drug-likeness (QED) is 0.163. The molecule has 0 spiro atoms. The van der Waals surface area contributed by atoms with Crippen molar-refractivity contribution >= 4 is 34.3 Å². The van der Waals surface area contributed by atoms with Crippen molar-refractivity contribution in [2.45, 2.75) is 17.9 Å². The second kappa shape index (κ2) is 11.9. The summed E-state index contributed by atoms with van der Waals surface area (Å²) in [5.74, 6) is -2.26. The van der Waals surface area contributed by atoms with Crippen molar-refractivity contribution in [1.82, 2.24) is 15.3 Å². The van der Waals surface area contributed by atoms with E-state index in [0.29, 0.717) is 34.0 Å². The van der Waals surface area contributed by atoms with Gasteiger partial charge in [0.2, 0.25) is 5.91 Å². The summed E-state index contributed by atoms with van der Waals surface area (Å²) in [4.78, 5) is 33.9. The van der Waals surface area contributed by atoms with Crippen LogP contribution >= 0.6 is 11.6 Å². The molecule has 0 unspecified atom stereocenters. The molecule has 2 atom stereocenters. The summed E-state index contributed by atoms with van der Waals surface area (Å²) in [5, 5.41) is 15.5. The number of nitrogens with one attached hydrogen (secondary N) is 2. The topological polar surface area (TPSA) is 149 Å². The van der Waals surface area contributed by atoms with Crippen molar-refractivity contribution < 1.29 is 37.7 Å². The summed E-state index contributed by atoms with van der Waals surface area (Å²) in [7, 11) is 3.01. The number of aliphatic hydroxyl groups is 1. The van der Waals surface area contributed by atoms with Gasteiger partial charge in [0, 0.05) is 34.7 Å². The smallest absolute Gasteiger partial charge is 0.267 e. The molecular weight excluding hydrogens is 634 g/mol. The molecule has 0 fully saturated rings. The van der Waals surface area contributed by atoms with Crippen LogP contribution < -0.4 is 25.3 Å². The number of carbonyl (C=O) groups excluding carboxylic acids is 2. The van der Waals surface area contributed by atoms with Crippen LogP contribution in [-0.2, 0) is 15.8 Å². The fraction of sp³-hybridized carbons (Fsp3) is 0.206. The zero-order chi connectivity index (χ0) is 33.7. The number of methoxy groups -OCH3 is 2. The number of carbonyl (C=O) groups is 2. The van der Waals surface area contributed by atoms with Crippen molar-refractivity contribution in [3.63, 3.8) is 0 Å². The lowest BCUT2D eigenvalue weighted by atomic mass is 9.80.